The Kier molecular flexibility index (Phi) is 4.32. The number of benzene rings is 1. The third-order valence-corrected chi connectivity index (χ3v) is 3.87. The molecular formula is C14H18N3O4+. The van der Waals surface area contributed by atoms with Gasteiger partial charge in [0.25, 0.3) is 11.6 Å². The van der Waals surface area contributed by atoms with Crippen LogP contribution in [0, 0.1) is 10.1 Å². The highest BCUT2D eigenvalue weighted by molar-refractivity contribution is 6.21. The Morgan fingerprint density at radius 1 is 1.24 bits per heavy atom. The van der Waals surface area contributed by atoms with Crippen LogP contribution in [0.25, 0.3) is 0 Å². The third kappa shape index (κ3) is 2.78. The number of hydrogen-bond donors (Lipinski definition) is 1. The van der Waals surface area contributed by atoms with Crippen molar-refractivity contribution in [1.29, 1.82) is 0 Å². The molecule has 1 heterocycles. The number of carbonyl (C=O) groups excluding carboxylic acids is 2. The van der Waals surface area contributed by atoms with E-state index in [2.05, 4.69) is 0 Å². The van der Waals surface area contributed by atoms with E-state index in [-0.39, 0.29) is 30.0 Å². The minimum atomic E-state index is -0.514. The average Bonchev–Trinajstić information content (AvgIpc) is 2.76. The minimum absolute atomic E-state index is 0.0660. The molecule has 7 heteroatoms. The summed E-state index contributed by atoms with van der Waals surface area (Å²) in [4.78, 5) is 36.9. The second-order valence-electron chi connectivity index (χ2n) is 4.96. The first-order chi connectivity index (χ1) is 9.99. The average molecular weight is 292 g/mol. The van der Waals surface area contributed by atoms with Crippen molar-refractivity contribution in [2.75, 3.05) is 18.0 Å². The maximum absolute atomic E-state index is 12.4. The normalized spacial score (nSPS) is 18.6. The van der Waals surface area contributed by atoms with Crippen molar-refractivity contribution in [3.8, 4) is 0 Å². The Morgan fingerprint density at radius 2 is 1.81 bits per heavy atom. The van der Waals surface area contributed by atoms with E-state index in [1.807, 2.05) is 13.8 Å². The maximum Gasteiger partial charge on any atom is 0.292 e. The summed E-state index contributed by atoms with van der Waals surface area (Å²) in [6, 6.07) is 5.12. The van der Waals surface area contributed by atoms with Gasteiger partial charge in [0.15, 0.2) is 6.04 Å². The largest absolute Gasteiger partial charge is 0.325 e. The molecule has 1 saturated heterocycles. The van der Waals surface area contributed by atoms with Crippen molar-refractivity contribution >= 4 is 23.2 Å². The van der Waals surface area contributed by atoms with Gasteiger partial charge in [-0.1, -0.05) is 0 Å². The predicted octanol–water partition coefficient (Wildman–Crippen LogP) is 0.151. The highest BCUT2D eigenvalue weighted by atomic mass is 16.6. The Labute approximate surface area is 122 Å². The van der Waals surface area contributed by atoms with E-state index < -0.39 is 4.92 Å². The fourth-order valence-corrected chi connectivity index (χ4v) is 2.69. The molecule has 2 amide bonds. The summed E-state index contributed by atoms with van der Waals surface area (Å²) in [7, 11) is 0. The van der Waals surface area contributed by atoms with Crippen LogP contribution < -0.4 is 9.80 Å². The van der Waals surface area contributed by atoms with Crippen LogP contribution in [0.5, 0.6) is 0 Å². The molecule has 1 N–H and O–H groups in total. The van der Waals surface area contributed by atoms with Crippen LogP contribution in [0.3, 0.4) is 0 Å². The topological polar surface area (TPSA) is 85.0 Å². The van der Waals surface area contributed by atoms with Crippen molar-refractivity contribution in [3.05, 3.63) is 34.4 Å². The third-order valence-electron chi connectivity index (χ3n) is 3.87. The molecule has 0 radical (unpaired) electrons. The lowest BCUT2D eigenvalue weighted by atomic mass is 10.2. The predicted molar refractivity (Wildman–Crippen MR) is 76.0 cm³/mol. The van der Waals surface area contributed by atoms with E-state index in [4.69, 9.17) is 0 Å². The minimum Gasteiger partial charge on any atom is -0.325 e. The van der Waals surface area contributed by atoms with Gasteiger partial charge in [-0.05, 0) is 26.0 Å². The zero-order chi connectivity index (χ0) is 15.6. The number of nitro benzene ring substituents is 1. The van der Waals surface area contributed by atoms with Gasteiger partial charge in [-0.2, -0.15) is 0 Å². The lowest BCUT2D eigenvalue weighted by Gasteiger charge is -2.21. The molecule has 1 aliphatic rings. The number of carbonyl (C=O) groups is 2. The first kappa shape index (κ1) is 15.1. The number of likely N-dealkylation sites (N-methyl/N-ethyl adjacent to an activating group) is 1. The van der Waals surface area contributed by atoms with Gasteiger partial charge < -0.3 is 4.90 Å². The molecule has 0 spiro atoms. The second-order valence-corrected chi connectivity index (χ2v) is 4.96. The molecule has 1 aromatic carbocycles. The zero-order valence-electron chi connectivity index (χ0n) is 12.0. The molecule has 1 atom stereocenters. The summed E-state index contributed by atoms with van der Waals surface area (Å²) in [5, 5.41) is 10.6. The van der Waals surface area contributed by atoms with Crippen LogP contribution in [-0.4, -0.2) is 35.9 Å². The van der Waals surface area contributed by atoms with Gasteiger partial charge in [-0.25, -0.2) is 4.90 Å². The van der Waals surface area contributed by atoms with Gasteiger partial charge in [0.2, 0.25) is 5.91 Å². The molecule has 112 valence electrons. The number of quaternary nitrogens is 1. The smallest absolute Gasteiger partial charge is 0.292 e. The molecule has 1 aromatic rings. The molecule has 0 aliphatic carbocycles. The first-order valence-electron chi connectivity index (χ1n) is 6.95. The molecule has 7 nitrogen and oxygen atoms in total. The van der Waals surface area contributed by atoms with Gasteiger partial charge in [0, 0.05) is 12.1 Å². The second kappa shape index (κ2) is 6.01. The number of nitrogens with one attached hydrogen (secondary N) is 1. The molecule has 21 heavy (non-hydrogen) atoms. The van der Waals surface area contributed by atoms with Crippen LogP contribution in [0.1, 0.15) is 20.3 Å². The zero-order valence-corrected chi connectivity index (χ0v) is 12.0. The number of anilines is 1. The summed E-state index contributed by atoms with van der Waals surface area (Å²) in [5.41, 5.74) is 0.327. The molecule has 0 saturated carbocycles. The number of nitrogens with zero attached hydrogens (tertiary/aromatic N) is 2. The number of rotatable bonds is 5. The maximum atomic E-state index is 12.4. The van der Waals surface area contributed by atoms with Gasteiger partial charge in [0.1, 0.15) is 0 Å². The lowest BCUT2D eigenvalue weighted by molar-refractivity contribution is -0.911. The van der Waals surface area contributed by atoms with E-state index in [0.29, 0.717) is 5.69 Å². The van der Waals surface area contributed by atoms with Gasteiger partial charge in [0.05, 0.1) is 30.1 Å². The number of hydrogen-bond acceptors (Lipinski definition) is 4. The summed E-state index contributed by atoms with van der Waals surface area (Å²) < 4.78 is 0. The highest BCUT2D eigenvalue weighted by Gasteiger charge is 2.44. The first-order valence-corrected chi connectivity index (χ1v) is 6.95. The van der Waals surface area contributed by atoms with Crippen molar-refractivity contribution in [2.24, 2.45) is 0 Å². The lowest BCUT2D eigenvalue weighted by Crippen LogP contribution is -3.16. The van der Waals surface area contributed by atoms with Gasteiger partial charge >= 0.3 is 0 Å². The Morgan fingerprint density at radius 3 is 2.29 bits per heavy atom. The van der Waals surface area contributed by atoms with E-state index in [1.165, 1.54) is 24.3 Å². The van der Waals surface area contributed by atoms with Crippen molar-refractivity contribution < 1.29 is 19.4 Å². The molecule has 2 rings (SSSR count). The van der Waals surface area contributed by atoms with Gasteiger partial charge in [-0.3, -0.25) is 19.7 Å². The quantitative estimate of drug-likeness (QED) is 0.475. The summed E-state index contributed by atoms with van der Waals surface area (Å²) >= 11 is 0. The highest BCUT2D eigenvalue weighted by Crippen LogP contribution is 2.24. The standard InChI is InChI=1S/C14H17N3O4/c1-3-15(4-2)12-9-13(18)16(14(12)19)10-5-7-11(8-6-10)17(20)21/h5-8,12H,3-4,9H2,1-2H3/p+1/t12-/m1/s1. The van der Waals surface area contributed by atoms with Crippen LogP contribution in [0.4, 0.5) is 11.4 Å². The molecule has 0 unspecified atom stereocenters. The molecule has 1 fully saturated rings. The number of amides is 2. The molecule has 0 bridgehead atoms. The number of imide groups is 1. The van der Waals surface area contributed by atoms with Crippen LogP contribution in [0.15, 0.2) is 24.3 Å². The van der Waals surface area contributed by atoms with Crippen LogP contribution >= 0.6 is 0 Å². The van der Waals surface area contributed by atoms with Crippen LogP contribution in [-0.2, 0) is 9.59 Å². The molecule has 0 aromatic heterocycles. The summed E-state index contributed by atoms with van der Waals surface area (Å²) in [6.45, 7) is 5.50. The Hall–Kier alpha value is -2.28. The van der Waals surface area contributed by atoms with Crippen LogP contribution in [0.2, 0.25) is 0 Å². The Balaban J connectivity index is 2.25. The van der Waals surface area contributed by atoms with E-state index in [0.717, 1.165) is 22.9 Å². The monoisotopic (exact) mass is 292 g/mol. The van der Waals surface area contributed by atoms with E-state index >= 15 is 0 Å². The van der Waals surface area contributed by atoms with Crippen molar-refractivity contribution in [1.82, 2.24) is 0 Å². The van der Waals surface area contributed by atoms with E-state index in [1.54, 1.807) is 0 Å². The Bertz CT molecular complexity index is 566. The number of nitro groups is 1. The number of non-ortho nitro benzene ring substituents is 1. The summed E-state index contributed by atoms with van der Waals surface area (Å²) in [5.74, 6) is -0.481. The van der Waals surface area contributed by atoms with Crippen molar-refractivity contribution in [2.45, 2.75) is 26.3 Å². The SMILES string of the molecule is CC[NH+](CC)[C@@H]1CC(=O)N(c2ccc([N+](=O)[O-])cc2)C1=O. The van der Waals surface area contributed by atoms with Crippen molar-refractivity contribution in [3.63, 3.8) is 0 Å². The fraction of sp³-hybridized carbons (Fsp3) is 0.429. The molecule has 1 aliphatic heterocycles. The fourth-order valence-electron chi connectivity index (χ4n) is 2.69. The van der Waals surface area contributed by atoms with Gasteiger partial charge in [-0.15, -0.1) is 0 Å². The summed E-state index contributed by atoms with van der Waals surface area (Å²) in [6.07, 6.45) is 0.187. The molecular weight excluding hydrogens is 274 g/mol. The van der Waals surface area contributed by atoms with E-state index in [9.17, 15) is 19.7 Å².